The van der Waals surface area contributed by atoms with Gasteiger partial charge in [-0.3, -0.25) is 19.8 Å². The number of nitrogens with zero attached hydrogens (tertiary/aromatic N) is 2. The molecule has 0 aliphatic carbocycles. The molecular formula is C13H17N3O5. The number of rotatable bonds is 5. The molecule has 1 aromatic carbocycles. The SMILES string of the molecule is COc1cc(NC(=O)CN2CCOCC2)ccc1[N+](=O)[O-]. The molecular weight excluding hydrogens is 278 g/mol. The highest BCUT2D eigenvalue weighted by molar-refractivity contribution is 5.92. The van der Waals surface area contributed by atoms with Crippen molar-refractivity contribution in [2.75, 3.05) is 45.3 Å². The molecule has 1 fully saturated rings. The quantitative estimate of drug-likeness (QED) is 0.640. The molecule has 0 bridgehead atoms. The maximum absolute atomic E-state index is 11.9. The van der Waals surface area contributed by atoms with Crippen molar-refractivity contribution in [3.05, 3.63) is 28.3 Å². The van der Waals surface area contributed by atoms with E-state index in [-0.39, 0.29) is 23.9 Å². The van der Waals surface area contributed by atoms with Crippen LogP contribution in [0.15, 0.2) is 18.2 Å². The molecule has 1 heterocycles. The highest BCUT2D eigenvalue weighted by atomic mass is 16.6. The van der Waals surface area contributed by atoms with Gasteiger partial charge in [-0.2, -0.15) is 0 Å². The third-order valence-corrected chi connectivity index (χ3v) is 3.13. The van der Waals surface area contributed by atoms with Gasteiger partial charge in [-0.05, 0) is 6.07 Å². The molecule has 1 aliphatic rings. The second-order valence-corrected chi connectivity index (χ2v) is 4.58. The molecule has 21 heavy (non-hydrogen) atoms. The van der Waals surface area contributed by atoms with Gasteiger partial charge in [0, 0.05) is 30.9 Å². The third kappa shape index (κ3) is 4.14. The van der Waals surface area contributed by atoms with Crippen LogP contribution in [-0.4, -0.2) is 55.7 Å². The Morgan fingerprint density at radius 3 is 2.81 bits per heavy atom. The summed E-state index contributed by atoms with van der Waals surface area (Å²) in [6, 6.07) is 4.23. The van der Waals surface area contributed by atoms with Gasteiger partial charge in [0.2, 0.25) is 5.91 Å². The van der Waals surface area contributed by atoms with Gasteiger partial charge in [-0.15, -0.1) is 0 Å². The lowest BCUT2D eigenvalue weighted by Gasteiger charge is -2.25. The van der Waals surface area contributed by atoms with Crippen molar-refractivity contribution in [3.8, 4) is 5.75 Å². The number of nitrogens with one attached hydrogen (secondary N) is 1. The zero-order chi connectivity index (χ0) is 15.2. The minimum Gasteiger partial charge on any atom is -0.490 e. The van der Waals surface area contributed by atoms with E-state index in [4.69, 9.17) is 9.47 Å². The van der Waals surface area contributed by atoms with Gasteiger partial charge < -0.3 is 14.8 Å². The molecule has 114 valence electrons. The Morgan fingerprint density at radius 1 is 1.48 bits per heavy atom. The first-order valence-corrected chi connectivity index (χ1v) is 6.52. The molecule has 1 amide bonds. The minimum absolute atomic E-state index is 0.115. The van der Waals surface area contributed by atoms with E-state index in [1.54, 1.807) is 0 Å². The third-order valence-electron chi connectivity index (χ3n) is 3.13. The van der Waals surface area contributed by atoms with Crippen LogP contribution in [0.1, 0.15) is 0 Å². The predicted octanol–water partition coefficient (Wildman–Crippen LogP) is 0.874. The number of morpholine rings is 1. The fourth-order valence-corrected chi connectivity index (χ4v) is 2.07. The number of nitro benzene ring substituents is 1. The second kappa shape index (κ2) is 7.00. The van der Waals surface area contributed by atoms with Crippen LogP contribution in [0.2, 0.25) is 0 Å². The van der Waals surface area contributed by atoms with Crippen molar-refractivity contribution in [3.63, 3.8) is 0 Å². The maximum Gasteiger partial charge on any atom is 0.311 e. The van der Waals surface area contributed by atoms with Gasteiger partial charge in [0.05, 0.1) is 31.8 Å². The van der Waals surface area contributed by atoms with E-state index < -0.39 is 4.92 Å². The molecule has 1 saturated heterocycles. The normalized spacial score (nSPS) is 15.5. The molecule has 8 heteroatoms. The van der Waals surface area contributed by atoms with Crippen molar-refractivity contribution in [2.45, 2.75) is 0 Å². The van der Waals surface area contributed by atoms with E-state index in [1.807, 2.05) is 4.90 Å². The topological polar surface area (TPSA) is 93.9 Å². The van der Waals surface area contributed by atoms with Gasteiger partial charge in [0.15, 0.2) is 5.75 Å². The van der Waals surface area contributed by atoms with Crippen LogP contribution in [0.5, 0.6) is 5.75 Å². The average Bonchev–Trinajstić information content (AvgIpc) is 2.47. The Balaban J connectivity index is 1.98. The van der Waals surface area contributed by atoms with Crippen molar-refractivity contribution in [1.29, 1.82) is 0 Å². The summed E-state index contributed by atoms with van der Waals surface area (Å²) in [6.07, 6.45) is 0. The number of hydrogen-bond acceptors (Lipinski definition) is 6. The number of ether oxygens (including phenoxy) is 2. The van der Waals surface area contributed by atoms with Crippen molar-refractivity contribution in [2.24, 2.45) is 0 Å². The first kappa shape index (κ1) is 15.2. The highest BCUT2D eigenvalue weighted by Gasteiger charge is 2.17. The van der Waals surface area contributed by atoms with E-state index in [0.29, 0.717) is 18.9 Å². The number of methoxy groups -OCH3 is 1. The molecule has 0 spiro atoms. The van der Waals surface area contributed by atoms with E-state index in [0.717, 1.165) is 13.1 Å². The Labute approximate surface area is 121 Å². The first-order valence-electron chi connectivity index (χ1n) is 6.52. The maximum atomic E-state index is 11.9. The van der Waals surface area contributed by atoms with Crippen LogP contribution in [0.4, 0.5) is 11.4 Å². The van der Waals surface area contributed by atoms with Gasteiger partial charge in [0.1, 0.15) is 0 Å². The Morgan fingerprint density at radius 2 is 2.19 bits per heavy atom. The molecule has 1 aliphatic heterocycles. The van der Waals surface area contributed by atoms with Crippen LogP contribution in [0.3, 0.4) is 0 Å². The van der Waals surface area contributed by atoms with E-state index >= 15 is 0 Å². The summed E-state index contributed by atoms with van der Waals surface area (Å²) in [5.41, 5.74) is 0.333. The molecule has 2 rings (SSSR count). The molecule has 1 aromatic rings. The number of benzene rings is 1. The standard InChI is InChI=1S/C13H17N3O5/c1-20-12-8-10(2-3-11(12)16(18)19)14-13(17)9-15-4-6-21-7-5-15/h2-3,8H,4-7,9H2,1H3,(H,14,17). The summed E-state index contributed by atoms with van der Waals surface area (Å²) < 4.78 is 10.2. The van der Waals surface area contributed by atoms with Crippen molar-refractivity contribution >= 4 is 17.3 Å². The summed E-state index contributed by atoms with van der Waals surface area (Å²) in [7, 11) is 1.35. The number of carbonyl (C=O) groups excluding carboxylic acids is 1. The zero-order valence-electron chi connectivity index (χ0n) is 11.7. The van der Waals surface area contributed by atoms with Gasteiger partial charge in [0.25, 0.3) is 0 Å². The molecule has 8 nitrogen and oxygen atoms in total. The lowest BCUT2D eigenvalue weighted by atomic mass is 10.2. The van der Waals surface area contributed by atoms with E-state index in [2.05, 4.69) is 5.32 Å². The largest absolute Gasteiger partial charge is 0.490 e. The Hall–Kier alpha value is -2.19. The summed E-state index contributed by atoms with van der Waals surface area (Å²) in [4.78, 5) is 24.2. The van der Waals surface area contributed by atoms with Crippen LogP contribution < -0.4 is 10.1 Å². The molecule has 0 radical (unpaired) electrons. The molecule has 0 aromatic heterocycles. The smallest absolute Gasteiger partial charge is 0.311 e. The molecule has 0 unspecified atom stereocenters. The lowest BCUT2D eigenvalue weighted by Crippen LogP contribution is -2.41. The van der Waals surface area contributed by atoms with Crippen LogP contribution >= 0.6 is 0 Å². The minimum atomic E-state index is -0.530. The first-order chi connectivity index (χ1) is 10.1. The molecule has 0 atom stereocenters. The zero-order valence-corrected chi connectivity index (χ0v) is 11.7. The Kier molecular flexibility index (Phi) is 5.07. The highest BCUT2D eigenvalue weighted by Crippen LogP contribution is 2.29. The van der Waals surface area contributed by atoms with E-state index in [9.17, 15) is 14.9 Å². The summed E-state index contributed by atoms with van der Waals surface area (Å²) >= 11 is 0. The van der Waals surface area contributed by atoms with Crippen molar-refractivity contribution < 1.29 is 19.2 Å². The Bertz CT molecular complexity index is 529. The van der Waals surface area contributed by atoms with Crippen molar-refractivity contribution in [1.82, 2.24) is 4.90 Å². The monoisotopic (exact) mass is 295 g/mol. The number of hydrogen-bond donors (Lipinski definition) is 1. The number of anilines is 1. The van der Waals surface area contributed by atoms with Crippen LogP contribution in [0.25, 0.3) is 0 Å². The average molecular weight is 295 g/mol. The number of amides is 1. The summed E-state index contributed by atoms with van der Waals surface area (Å²) in [6.45, 7) is 2.95. The van der Waals surface area contributed by atoms with Crippen LogP contribution in [0, 0.1) is 10.1 Å². The van der Waals surface area contributed by atoms with Crippen LogP contribution in [-0.2, 0) is 9.53 Å². The van der Waals surface area contributed by atoms with Gasteiger partial charge >= 0.3 is 5.69 Å². The lowest BCUT2D eigenvalue weighted by molar-refractivity contribution is -0.385. The second-order valence-electron chi connectivity index (χ2n) is 4.58. The van der Waals surface area contributed by atoms with Gasteiger partial charge in [-0.1, -0.05) is 0 Å². The van der Waals surface area contributed by atoms with Gasteiger partial charge in [-0.25, -0.2) is 0 Å². The summed E-state index contributed by atoms with van der Waals surface area (Å²) in [5.74, 6) is -0.0584. The molecule has 1 N–H and O–H groups in total. The fraction of sp³-hybridized carbons (Fsp3) is 0.462. The molecule has 0 saturated carbocycles. The fourth-order valence-electron chi connectivity index (χ4n) is 2.07. The number of carbonyl (C=O) groups is 1. The van der Waals surface area contributed by atoms with E-state index in [1.165, 1.54) is 25.3 Å². The predicted molar refractivity (Wildman–Crippen MR) is 75.5 cm³/mol. The summed E-state index contributed by atoms with van der Waals surface area (Å²) in [5, 5.41) is 13.5. The number of nitro groups is 1.